The van der Waals surface area contributed by atoms with Crippen molar-refractivity contribution in [1.29, 1.82) is 0 Å². The Bertz CT molecular complexity index is 866. The summed E-state index contributed by atoms with van der Waals surface area (Å²) in [6, 6.07) is 13.9. The minimum absolute atomic E-state index is 0.0334. The highest BCUT2D eigenvalue weighted by Gasteiger charge is 2.12. The van der Waals surface area contributed by atoms with Crippen molar-refractivity contribution < 1.29 is 19.0 Å². The van der Waals surface area contributed by atoms with Gasteiger partial charge in [-0.1, -0.05) is 30.4 Å². The van der Waals surface area contributed by atoms with Crippen LogP contribution >= 0.6 is 0 Å². The molecule has 0 radical (unpaired) electrons. The van der Waals surface area contributed by atoms with E-state index in [0.29, 0.717) is 13.0 Å². The monoisotopic (exact) mass is 410 g/mol. The summed E-state index contributed by atoms with van der Waals surface area (Å²) in [5, 5.41) is 2.98. The number of carbonyl (C=O) groups excluding carboxylic acids is 1. The molecule has 6 heteroatoms. The van der Waals surface area contributed by atoms with Crippen molar-refractivity contribution in [3.05, 3.63) is 59.7 Å². The van der Waals surface area contributed by atoms with E-state index in [0.717, 1.165) is 48.7 Å². The van der Waals surface area contributed by atoms with Gasteiger partial charge in [-0.15, -0.1) is 0 Å². The summed E-state index contributed by atoms with van der Waals surface area (Å²) in [5.41, 5.74) is 2.26. The van der Waals surface area contributed by atoms with Crippen LogP contribution in [0.2, 0.25) is 0 Å². The lowest BCUT2D eigenvalue weighted by molar-refractivity contribution is -0.120. The van der Waals surface area contributed by atoms with Crippen LogP contribution < -0.4 is 19.5 Å². The van der Waals surface area contributed by atoms with Crippen molar-refractivity contribution in [3.8, 4) is 17.2 Å². The fourth-order valence-corrected chi connectivity index (χ4v) is 3.23. The normalized spacial score (nSPS) is 12.5. The number of ether oxygens (including phenoxy) is 3. The minimum Gasteiger partial charge on any atom is -0.497 e. The molecule has 1 aliphatic heterocycles. The number of methoxy groups -OCH3 is 1. The molecule has 0 unspecified atom stereocenters. The van der Waals surface area contributed by atoms with E-state index in [1.807, 2.05) is 42.5 Å². The second-order valence-corrected chi connectivity index (χ2v) is 7.33. The minimum atomic E-state index is 0.0334. The van der Waals surface area contributed by atoms with E-state index < -0.39 is 0 Å². The molecule has 2 aromatic rings. The number of amides is 1. The van der Waals surface area contributed by atoms with Crippen molar-refractivity contribution in [1.82, 2.24) is 10.2 Å². The highest BCUT2D eigenvalue weighted by molar-refractivity contribution is 5.78. The molecule has 0 atom stereocenters. The molecule has 30 heavy (non-hydrogen) atoms. The Morgan fingerprint density at radius 1 is 1.17 bits per heavy atom. The highest BCUT2D eigenvalue weighted by atomic mass is 16.7. The smallest absolute Gasteiger partial charge is 0.231 e. The fraction of sp³-hybridized carbons (Fsp3) is 0.375. The Labute approximate surface area is 178 Å². The number of likely N-dealkylation sites (N-methyl/N-ethyl adjacent to an activating group) is 1. The van der Waals surface area contributed by atoms with Crippen molar-refractivity contribution in [2.24, 2.45) is 0 Å². The Hall–Kier alpha value is -2.99. The Balaban J connectivity index is 1.28. The molecule has 1 amide bonds. The molecule has 1 aliphatic rings. The molecule has 0 saturated carbocycles. The van der Waals surface area contributed by atoms with Gasteiger partial charge < -0.3 is 24.4 Å². The molecule has 0 spiro atoms. The van der Waals surface area contributed by atoms with Gasteiger partial charge in [-0.05, 0) is 61.8 Å². The lowest BCUT2D eigenvalue weighted by Crippen LogP contribution is -2.28. The predicted molar refractivity (Wildman–Crippen MR) is 118 cm³/mol. The maximum Gasteiger partial charge on any atom is 0.231 e. The Morgan fingerprint density at radius 2 is 2.03 bits per heavy atom. The van der Waals surface area contributed by atoms with Crippen molar-refractivity contribution >= 4 is 12.0 Å². The number of carbonyl (C=O) groups is 1. The molecular weight excluding hydrogens is 380 g/mol. The first kappa shape index (κ1) is 21.7. The lowest BCUT2D eigenvalue weighted by Gasteiger charge is -2.16. The molecule has 1 heterocycles. The second kappa shape index (κ2) is 11.3. The average molecular weight is 411 g/mol. The number of hydrogen-bond acceptors (Lipinski definition) is 5. The van der Waals surface area contributed by atoms with E-state index in [1.54, 1.807) is 7.11 Å². The van der Waals surface area contributed by atoms with Gasteiger partial charge in [0.25, 0.3) is 0 Å². The standard InChI is InChI=1S/C24H30N2O4/c1-26(15-12-20-6-3-8-21(16-20)28-2)14-5-13-25-24(27)9-4-7-19-10-11-22-23(17-19)30-18-29-22/h3-4,6-8,10-11,16-17H,5,9,12-15,18H2,1-2H3,(H,25,27). The second-order valence-electron chi connectivity index (χ2n) is 7.33. The van der Waals surface area contributed by atoms with Gasteiger partial charge in [0, 0.05) is 19.5 Å². The maximum absolute atomic E-state index is 12.0. The quantitative estimate of drug-likeness (QED) is 0.575. The van der Waals surface area contributed by atoms with E-state index in [4.69, 9.17) is 14.2 Å². The van der Waals surface area contributed by atoms with Crippen molar-refractivity contribution in [2.75, 3.05) is 40.6 Å². The summed E-state index contributed by atoms with van der Waals surface area (Å²) in [6.45, 7) is 2.86. The third-order valence-corrected chi connectivity index (χ3v) is 4.97. The number of hydrogen-bond donors (Lipinski definition) is 1. The summed E-state index contributed by atoms with van der Waals surface area (Å²) < 4.78 is 15.9. The van der Waals surface area contributed by atoms with Gasteiger partial charge in [0.05, 0.1) is 7.11 Å². The highest BCUT2D eigenvalue weighted by Crippen LogP contribution is 2.32. The zero-order valence-electron chi connectivity index (χ0n) is 17.7. The molecule has 0 saturated heterocycles. The number of fused-ring (bicyclic) bond motifs is 1. The molecule has 2 aromatic carbocycles. The summed E-state index contributed by atoms with van der Waals surface area (Å²) in [6.07, 6.45) is 6.05. The molecule has 0 bridgehead atoms. The van der Waals surface area contributed by atoms with E-state index in [-0.39, 0.29) is 12.7 Å². The summed E-state index contributed by atoms with van der Waals surface area (Å²) in [7, 11) is 3.79. The molecule has 6 nitrogen and oxygen atoms in total. The van der Waals surface area contributed by atoms with Crippen LogP contribution in [0.3, 0.4) is 0 Å². The molecular formula is C24H30N2O4. The molecule has 0 fully saturated rings. The molecule has 1 N–H and O–H groups in total. The summed E-state index contributed by atoms with van der Waals surface area (Å²) >= 11 is 0. The maximum atomic E-state index is 12.0. The van der Waals surface area contributed by atoms with Crippen LogP contribution in [0.25, 0.3) is 6.08 Å². The van der Waals surface area contributed by atoms with Gasteiger partial charge in [0.2, 0.25) is 12.7 Å². The van der Waals surface area contributed by atoms with Crippen LogP contribution in [-0.4, -0.2) is 51.4 Å². The van der Waals surface area contributed by atoms with E-state index >= 15 is 0 Å². The fourth-order valence-electron chi connectivity index (χ4n) is 3.23. The number of nitrogens with one attached hydrogen (secondary N) is 1. The first-order chi connectivity index (χ1) is 14.6. The first-order valence-corrected chi connectivity index (χ1v) is 10.3. The van der Waals surface area contributed by atoms with Gasteiger partial charge in [0.15, 0.2) is 11.5 Å². The summed E-state index contributed by atoms with van der Waals surface area (Å²) in [4.78, 5) is 14.3. The van der Waals surface area contributed by atoms with Crippen LogP contribution in [0, 0.1) is 0 Å². The number of nitrogens with zero attached hydrogens (tertiary/aromatic N) is 1. The van der Waals surface area contributed by atoms with E-state index in [1.165, 1.54) is 5.56 Å². The number of benzene rings is 2. The van der Waals surface area contributed by atoms with Gasteiger partial charge in [-0.3, -0.25) is 4.79 Å². The van der Waals surface area contributed by atoms with Crippen molar-refractivity contribution in [2.45, 2.75) is 19.3 Å². The van der Waals surface area contributed by atoms with Crippen LogP contribution in [0.15, 0.2) is 48.5 Å². The molecule has 0 aliphatic carbocycles. The molecule has 3 rings (SSSR count). The van der Waals surface area contributed by atoms with Gasteiger partial charge in [0.1, 0.15) is 5.75 Å². The summed E-state index contributed by atoms with van der Waals surface area (Å²) in [5.74, 6) is 2.44. The lowest BCUT2D eigenvalue weighted by atomic mass is 10.1. The van der Waals surface area contributed by atoms with Crippen LogP contribution in [-0.2, 0) is 11.2 Å². The topological polar surface area (TPSA) is 60.0 Å². The van der Waals surface area contributed by atoms with Crippen LogP contribution in [0.5, 0.6) is 17.2 Å². The van der Waals surface area contributed by atoms with E-state index in [9.17, 15) is 4.79 Å². The molecule has 160 valence electrons. The van der Waals surface area contributed by atoms with Crippen LogP contribution in [0.4, 0.5) is 0 Å². The Kier molecular flexibility index (Phi) is 8.15. The van der Waals surface area contributed by atoms with Gasteiger partial charge >= 0.3 is 0 Å². The average Bonchev–Trinajstić information content (AvgIpc) is 3.23. The van der Waals surface area contributed by atoms with Crippen molar-refractivity contribution in [3.63, 3.8) is 0 Å². The van der Waals surface area contributed by atoms with E-state index in [2.05, 4.69) is 29.4 Å². The van der Waals surface area contributed by atoms with Gasteiger partial charge in [-0.2, -0.15) is 0 Å². The zero-order chi connectivity index (χ0) is 21.2. The third kappa shape index (κ3) is 6.81. The zero-order valence-corrected chi connectivity index (χ0v) is 17.7. The predicted octanol–water partition coefficient (Wildman–Crippen LogP) is 3.51. The molecule has 0 aromatic heterocycles. The van der Waals surface area contributed by atoms with Crippen LogP contribution in [0.1, 0.15) is 24.0 Å². The SMILES string of the molecule is COc1cccc(CCN(C)CCCNC(=O)CC=Cc2ccc3c(c2)OCO3)c1. The third-order valence-electron chi connectivity index (χ3n) is 4.97. The first-order valence-electron chi connectivity index (χ1n) is 10.3. The van der Waals surface area contributed by atoms with Gasteiger partial charge in [-0.25, -0.2) is 0 Å². The Morgan fingerprint density at radius 3 is 2.90 bits per heavy atom. The number of rotatable bonds is 11. The largest absolute Gasteiger partial charge is 0.497 e.